The maximum Gasteiger partial charge on any atom is 0.417 e. The van der Waals surface area contributed by atoms with Gasteiger partial charge in [0.2, 0.25) is 0 Å². The normalized spacial score (nSPS) is 16.9. The summed E-state index contributed by atoms with van der Waals surface area (Å²) >= 11 is 5.76. The smallest absolute Gasteiger partial charge is 0.336 e. The maximum absolute atomic E-state index is 13.3. The molecule has 0 aromatic heterocycles. The van der Waals surface area contributed by atoms with Crippen LogP contribution in [0.15, 0.2) is 66.7 Å². The molecule has 2 aliphatic heterocycles. The topological polar surface area (TPSA) is 43.9 Å². The monoisotopic (exact) mass is 541 g/mol. The van der Waals surface area contributed by atoms with E-state index in [0.29, 0.717) is 54.0 Å². The molecule has 3 aromatic rings. The van der Waals surface area contributed by atoms with Crippen LogP contribution in [0.4, 0.5) is 13.2 Å². The molecule has 0 bridgehead atoms. The van der Waals surface area contributed by atoms with Gasteiger partial charge in [0.1, 0.15) is 0 Å². The van der Waals surface area contributed by atoms with Crippen LogP contribution in [0.5, 0.6) is 0 Å². The molecule has 0 atom stereocenters. The summed E-state index contributed by atoms with van der Waals surface area (Å²) in [5.41, 5.74) is 2.04. The van der Waals surface area contributed by atoms with E-state index in [0.717, 1.165) is 19.2 Å². The Morgan fingerprint density at radius 1 is 0.816 bits per heavy atom. The predicted molar refractivity (Wildman–Crippen MR) is 140 cm³/mol. The van der Waals surface area contributed by atoms with Crippen molar-refractivity contribution in [2.75, 3.05) is 39.3 Å². The van der Waals surface area contributed by atoms with Gasteiger partial charge in [0, 0.05) is 56.4 Å². The lowest BCUT2D eigenvalue weighted by molar-refractivity contribution is -0.137. The van der Waals surface area contributed by atoms with Crippen molar-refractivity contribution in [1.82, 2.24) is 14.7 Å². The van der Waals surface area contributed by atoms with E-state index < -0.39 is 11.7 Å². The molecular formula is C29H27ClF3N3O2. The van der Waals surface area contributed by atoms with E-state index in [1.165, 1.54) is 6.07 Å². The van der Waals surface area contributed by atoms with E-state index in [1.807, 2.05) is 35.2 Å². The van der Waals surface area contributed by atoms with E-state index in [4.69, 9.17) is 11.6 Å². The molecule has 0 aliphatic carbocycles. The van der Waals surface area contributed by atoms with Gasteiger partial charge < -0.3 is 9.80 Å². The van der Waals surface area contributed by atoms with Crippen LogP contribution in [0.2, 0.25) is 5.02 Å². The SMILES string of the molecule is Cc1cc(C(=O)N2CC(N3CCN(C(=O)c4ccccc4)CC3)C2)ccc1-c1ccc(Cl)c(C(F)(F)F)c1. The number of halogens is 4. The number of nitrogens with zero attached hydrogens (tertiary/aromatic N) is 3. The van der Waals surface area contributed by atoms with Crippen molar-refractivity contribution in [3.8, 4) is 11.1 Å². The van der Waals surface area contributed by atoms with Gasteiger partial charge in [-0.1, -0.05) is 41.9 Å². The first-order chi connectivity index (χ1) is 18.1. The molecule has 5 rings (SSSR count). The molecule has 198 valence electrons. The number of amides is 2. The molecule has 5 nitrogen and oxygen atoms in total. The lowest BCUT2D eigenvalue weighted by Gasteiger charge is -2.48. The minimum Gasteiger partial charge on any atom is -0.336 e. The summed E-state index contributed by atoms with van der Waals surface area (Å²) in [6, 6.07) is 18.4. The van der Waals surface area contributed by atoms with Crippen molar-refractivity contribution in [3.63, 3.8) is 0 Å². The number of carbonyl (C=O) groups excluding carboxylic acids is 2. The molecule has 38 heavy (non-hydrogen) atoms. The average molecular weight is 542 g/mol. The Morgan fingerprint density at radius 3 is 2.11 bits per heavy atom. The number of alkyl halides is 3. The molecule has 0 spiro atoms. The maximum atomic E-state index is 13.3. The Hall–Kier alpha value is -3.36. The fourth-order valence-electron chi connectivity index (χ4n) is 5.12. The van der Waals surface area contributed by atoms with E-state index in [1.54, 1.807) is 36.1 Å². The number of rotatable bonds is 4. The molecule has 2 amide bonds. The van der Waals surface area contributed by atoms with Crippen LogP contribution < -0.4 is 0 Å². The number of benzene rings is 3. The Morgan fingerprint density at radius 2 is 1.47 bits per heavy atom. The summed E-state index contributed by atoms with van der Waals surface area (Å²) in [6.07, 6.45) is -4.55. The Labute approximate surface area is 224 Å². The number of aryl methyl sites for hydroxylation is 1. The molecule has 2 aliphatic rings. The van der Waals surface area contributed by atoms with Crippen molar-refractivity contribution in [1.29, 1.82) is 0 Å². The predicted octanol–water partition coefficient (Wildman–Crippen LogP) is 5.62. The van der Waals surface area contributed by atoms with Crippen molar-refractivity contribution >= 4 is 23.4 Å². The molecule has 0 saturated carbocycles. The lowest BCUT2D eigenvalue weighted by Crippen LogP contribution is -2.64. The van der Waals surface area contributed by atoms with Crippen molar-refractivity contribution in [3.05, 3.63) is 94.0 Å². The molecule has 2 heterocycles. The van der Waals surface area contributed by atoms with Gasteiger partial charge in [-0.15, -0.1) is 0 Å². The fraction of sp³-hybridized carbons (Fsp3) is 0.310. The zero-order valence-corrected chi connectivity index (χ0v) is 21.6. The summed E-state index contributed by atoms with van der Waals surface area (Å²) in [4.78, 5) is 31.7. The van der Waals surface area contributed by atoms with Gasteiger partial charge in [0.05, 0.1) is 10.6 Å². The van der Waals surface area contributed by atoms with Crippen LogP contribution >= 0.6 is 11.6 Å². The van der Waals surface area contributed by atoms with Gasteiger partial charge in [0.25, 0.3) is 11.8 Å². The third-order valence-corrected chi connectivity index (χ3v) is 7.67. The van der Waals surface area contributed by atoms with Crippen LogP contribution in [0.25, 0.3) is 11.1 Å². The first-order valence-corrected chi connectivity index (χ1v) is 12.8. The minimum absolute atomic E-state index is 0.0442. The highest BCUT2D eigenvalue weighted by atomic mass is 35.5. The summed E-state index contributed by atoms with van der Waals surface area (Å²) < 4.78 is 39.9. The number of hydrogen-bond acceptors (Lipinski definition) is 3. The third kappa shape index (κ3) is 5.28. The van der Waals surface area contributed by atoms with Crippen LogP contribution in [0.1, 0.15) is 31.8 Å². The number of piperazine rings is 1. The summed E-state index contributed by atoms with van der Waals surface area (Å²) in [7, 11) is 0. The van der Waals surface area contributed by atoms with E-state index in [9.17, 15) is 22.8 Å². The Balaban J connectivity index is 1.17. The average Bonchev–Trinajstić information content (AvgIpc) is 2.88. The number of carbonyl (C=O) groups is 2. The van der Waals surface area contributed by atoms with E-state index >= 15 is 0 Å². The van der Waals surface area contributed by atoms with Gasteiger partial charge in [-0.3, -0.25) is 14.5 Å². The number of hydrogen-bond donors (Lipinski definition) is 0. The van der Waals surface area contributed by atoms with Crippen molar-refractivity contribution in [2.45, 2.75) is 19.1 Å². The Kier molecular flexibility index (Phi) is 7.20. The standard InChI is InChI=1S/C29H27ClF3N3O2/c1-19-15-22(7-9-24(19)21-8-10-26(30)25(16-21)29(31,32)33)28(38)36-17-23(18-36)34-11-13-35(14-12-34)27(37)20-5-3-2-4-6-20/h2-10,15-16,23H,11-14,17-18H2,1H3. The summed E-state index contributed by atoms with van der Waals surface area (Å²) in [6.45, 7) is 5.83. The molecule has 0 N–H and O–H groups in total. The quantitative estimate of drug-likeness (QED) is 0.431. The lowest BCUT2D eigenvalue weighted by atomic mass is 9.96. The highest BCUT2D eigenvalue weighted by Gasteiger charge is 2.37. The minimum atomic E-state index is -4.55. The third-order valence-electron chi connectivity index (χ3n) is 7.34. The van der Waals surface area contributed by atoms with Gasteiger partial charge in [-0.2, -0.15) is 13.2 Å². The first kappa shape index (κ1) is 26.3. The summed E-state index contributed by atoms with van der Waals surface area (Å²) in [5.74, 6) is -0.0522. The number of likely N-dealkylation sites (tertiary alicyclic amines) is 1. The van der Waals surface area contributed by atoms with Gasteiger partial charge in [-0.25, -0.2) is 0 Å². The molecule has 0 unspecified atom stereocenters. The molecule has 3 aromatic carbocycles. The highest BCUT2D eigenvalue weighted by Crippen LogP contribution is 2.38. The van der Waals surface area contributed by atoms with E-state index in [2.05, 4.69) is 4.90 Å². The molecule has 2 fully saturated rings. The molecule has 9 heteroatoms. The molecular weight excluding hydrogens is 515 g/mol. The largest absolute Gasteiger partial charge is 0.417 e. The van der Waals surface area contributed by atoms with E-state index in [-0.39, 0.29) is 22.9 Å². The first-order valence-electron chi connectivity index (χ1n) is 12.5. The van der Waals surface area contributed by atoms with Gasteiger partial charge in [-0.05, 0) is 60.0 Å². The zero-order chi connectivity index (χ0) is 27.0. The second kappa shape index (κ2) is 10.4. The molecule has 2 saturated heterocycles. The van der Waals surface area contributed by atoms with Gasteiger partial charge >= 0.3 is 6.18 Å². The van der Waals surface area contributed by atoms with Gasteiger partial charge in [0.15, 0.2) is 0 Å². The van der Waals surface area contributed by atoms with Crippen LogP contribution in [-0.4, -0.2) is 71.8 Å². The van der Waals surface area contributed by atoms with Crippen LogP contribution in [-0.2, 0) is 6.18 Å². The second-order valence-corrected chi connectivity index (χ2v) is 10.2. The highest BCUT2D eigenvalue weighted by molar-refractivity contribution is 6.31. The molecule has 0 radical (unpaired) electrons. The second-order valence-electron chi connectivity index (χ2n) is 9.78. The van der Waals surface area contributed by atoms with Crippen LogP contribution in [0.3, 0.4) is 0 Å². The van der Waals surface area contributed by atoms with Crippen molar-refractivity contribution in [2.24, 2.45) is 0 Å². The Bertz CT molecular complexity index is 1350. The van der Waals surface area contributed by atoms with Crippen molar-refractivity contribution < 1.29 is 22.8 Å². The summed E-state index contributed by atoms with van der Waals surface area (Å²) in [5, 5.41) is -0.345. The zero-order valence-electron chi connectivity index (χ0n) is 20.8. The van der Waals surface area contributed by atoms with Crippen LogP contribution in [0, 0.1) is 6.92 Å². The fourth-order valence-corrected chi connectivity index (χ4v) is 5.34.